The van der Waals surface area contributed by atoms with Gasteiger partial charge in [0, 0.05) is 19.6 Å². The average molecular weight is 145 g/mol. The fourth-order valence-electron chi connectivity index (χ4n) is 0.954. The van der Waals surface area contributed by atoms with Gasteiger partial charge in [-0.15, -0.1) is 0 Å². The molecular weight excluding hydrogens is 132 g/mol. The average Bonchev–Trinajstić information content (AvgIpc) is 1.88. The molecule has 0 aromatic rings. The molecular formula is C6H13N2O2. The first kappa shape index (κ1) is 7.94. The van der Waals surface area contributed by atoms with E-state index in [2.05, 4.69) is 10.6 Å². The first-order chi connectivity index (χ1) is 4.79. The van der Waals surface area contributed by atoms with Crippen molar-refractivity contribution in [2.24, 2.45) is 0 Å². The lowest BCUT2D eigenvalue weighted by molar-refractivity contribution is -0.167. The van der Waals surface area contributed by atoms with Crippen LogP contribution in [0.1, 0.15) is 6.92 Å². The molecule has 1 aliphatic rings. The highest BCUT2D eigenvalue weighted by atomic mass is 16.6. The van der Waals surface area contributed by atoms with Gasteiger partial charge in [-0.05, 0) is 6.92 Å². The van der Waals surface area contributed by atoms with Gasteiger partial charge in [0.05, 0.1) is 0 Å². The Hall–Kier alpha value is -0.160. The number of piperazine rings is 1. The Morgan fingerprint density at radius 3 is 2.90 bits per heavy atom. The molecule has 1 rings (SSSR count). The van der Waals surface area contributed by atoms with E-state index in [9.17, 15) is 5.11 Å². The van der Waals surface area contributed by atoms with Gasteiger partial charge >= 0.3 is 0 Å². The van der Waals surface area contributed by atoms with Gasteiger partial charge in [0.2, 0.25) is 0 Å². The first-order valence-electron chi connectivity index (χ1n) is 3.54. The summed E-state index contributed by atoms with van der Waals surface area (Å²) in [6.45, 7) is 4.05. The molecule has 4 heteroatoms. The molecule has 2 N–H and O–H groups in total. The lowest BCUT2D eigenvalue weighted by Crippen LogP contribution is -2.50. The summed E-state index contributed by atoms with van der Waals surface area (Å²) in [6.07, 6.45) is -1.03. The quantitative estimate of drug-likeness (QED) is 0.505. The van der Waals surface area contributed by atoms with Crippen LogP contribution in [0.3, 0.4) is 0 Å². The lowest BCUT2D eigenvalue weighted by atomic mass is 10.4. The third-order valence-electron chi connectivity index (χ3n) is 1.36. The molecule has 1 fully saturated rings. The van der Waals surface area contributed by atoms with Crippen LogP contribution in [0.4, 0.5) is 0 Å². The summed E-state index contributed by atoms with van der Waals surface area (Å²) >= 11 is 0. The number of nitrogens with one attached hydrogen (secondary N) is 2. The summed E-state index contributed by atoms with van der Waals surface area (Å²) in [4.78, 5) is 0. The Balaban J connectivity index is 2.13. The summed E-state index contributed by atoms with van der Waals surface area (Å²) < 4.78 is 4.96. The van der Waals surface area contributed by atoms with Gasteiger partial charge in [-0.3, -0.25) is 5.32 Å². The van der Waals surface area contributed by atoms with Crippen LogP contribution in [0.5, 0.6) is 0 Å². The van der Waals surface area contributed by atoms with Crippen LogP contribution in [0, 0.1) is 0 Å². The third-order valence-corrected chi connectivity index (χ3v) is 1.36. The summed E-state index contributed by atoms with van der Waals surface area (Å²) in [5.74, 6) is 0. The highest BCUT2D eigenvalue weighted by Gasteiger charge is 2.13. The molecule has 1 radical (unpaired) electrons. The molecule has 0 aliphatic carbocycles. The lowest BCUT2D eigenvalue weighted by Gasteiger charge is -2.24. The second-order valence-corrected chi connectivity index (χ2v) is 2.35. The van der Waals surface area contributed by atoms with Crippen molar-refractivity contribution >= 4 is 0 Å². The zero-order valence-electron chi connectivity index (χ0n) is 6.09. The molecule has 4 nitrogen and oxygen atoms in total. The minimum atomic E-state index is -0.933. The second kappa shape index (κ2) is 3.88. The van der Waals surface area contributed by atoms with E-state index in [1.54, 1.807) is 0 Å². The van der Waals surface area contributed by atoms with E-state index in [4.69, 9.17) is 4.74 Å². The number of rotatable bonds is 2. The van der Waals surface area contributed by atoms with Crippen molar-refractivity contribution in [1.82, 2.24) is 10.6 Å². The molecule has 1 aliphatic heterocycles. The van der Waals surface area contributed by atoms with Crippen molar-refractivity contribution in [2.45, 2.75) is 19.4 Å². The smallest absolute Gasteiger partial charge is 0.190 e. The molecule has 0 bridgehead atoms. The Morgan fingerprint density at radius 1 is 1.60 bits per heavy atom. The predicted octanol–water partition coefficient (Wildman–Crippen LogP) is -0.702. The fraction of sp³-hybridized carbons (Fsp3) is 1.00. The van der Waals surface area contributed by atoms with Crippen LogP contribution >= 0.6 is 0 Å². The number of hydrogen-bond donors (Lipinski definition) is 2. The van der Waals surface area contributed by atoms with E-state index < -0.39 is 6.29 Å². The van der Waals surface area contributed by atoms with Crippen molar-refractivity contribution in [3.63, 3.8) is 0 Å². The molecule has 0 aromatic heterocycles. The highest BCUT2D eigenvalue weighted by Crippen LogP contribution is 1.93. The Morgan fingerprint density at radius 2 is 2.40 bits per heavy atom. The fourth-order valence-corrected chi connectivity index (χ4v) is 0.954. The SMILES string of the molecule is CC([O])OC1CNCCN1. The van der Waals surface area contributed by atoms with Crippen molar-refractivity contribution in [3.05, 3.63) is 0 Å². The van der Waals surface area contributed by atoms with Crippen molar-refractivity contribution in [2.75, 3.05) is 19.6 Å². The van der Waals surface area contributed by atoms with Crippen LogP contribution in [0.25, 0.3) is 0 Å². The summed E-state index contributed by atoms with van der Waals surface area (Å²) in [5, 5.41) is 16.7. The van der Waals surface area contributed by atoms with Gasteiger partial charge in [0.1, 0.15) is 6.23 Å². The monoisotopic (exact) mass is 145 g/mol. The Kier molecular flexibility index (Phi) is 3.08. The maximum Gasteiger partial charge on any atom is 0.190 e. The van der Waals surface area contributed by atoms with E-state index in [1.807, 2.05) is 0 Å². The topological polar surface area (TPSA) is 53.2 Å². The molecule has 0 spiro atoms. The third kappa shape index (κ3) is 2.62. The van der Waals surface area contributed by atoms with E-state index in [1.165, 1.54) is 6.92 Å². The van der Waals surface area contributed by atoms with Crippen molar-refractivity contribution in [1.29, 1.82) is 0 Å². The van der Waals surface area contributed by atoms with E-state index in [0.717, 1.165) is 19.6 Å². The molecule has 2 atom stereocenters. The zero-order valence-corrected chi connectivity index (χ0v) is 6.09. The molecule has 0 saturated carbocycles. The van der Waals surface area contributed by atoms with Gasteiger partial charge in [-0.2, -0.15) is 0 Å². The first-order valence-corrected chi connectivity index (χ1v) is 3.54. The van der Waals surface area contributed by atoms with Gasteiger partial charge in [-0.25, -0.2) is 5.11 Å². The van der Waals surface area contributed by atoms with Gasteiger partial charge in [0.25, 0.3) is 0 Å². The van der Waals surface area contributed by atoms with Crippen LogP contribution in [-0.2, 0) is 9.84 Å². The Bertz CT molecular complexity index is 91.7. The zero-order chi connectivity index (χ0) is 7.40. The predicted molar refractivity (Wildman–Crippen MR) is 35.9 cm³/mol. The number of hydrogen-bond acceptors (Lipinski definition) is 3. The molecule has 59 valence electrons. The van der Waals surface area contributed by atoms with E-state index in [0.29, 0.717) is 0 Å². The summed E-state index contributed by atoms with van der Waals surface area (Å²) in [7, 11) is 0. The minimum absolute atomic E-state index is 0.0961. The van der Waals surface area contributed by atoms with E-state index in [-0.39, 0.29) is 6.23 Å². The molecule has 10 heavy (non-hydrogen) atoms. The Labute approximate surface area is 60.6 Å². The molecule has 0 aromatic carbocycles. The van der Waals surface area contributed by atoms with Gasteiger partial charge < -0.3 is 10.1 Å². The standard InChI is InChI=1S/C6H13N2O2/c1-5(9)10-6-4-7-2-3-8-6/h5-8H,2-4H2,1H3. The van der Waals surface area contributed by atoms with Crippen LogP contribution in [0.15, 0.2) is 0 Å². The highest BCUT2D eigenvalue weighted by molar-refractivity contribution is 4.66. The molecule has 1 heterocycles. The van der Waals surface area contributed by atoms with Crippen LogP contribution in [-0.4, -0.2) is 32.2 Å². The summed E-state index contributed by atoms with van der Waals surface area (Å²) in [5.41, 5.74) is 0. The molecule has 1 saturated heterocycles. The largest absolute Gasteiger partial charge is 0.330 e. The van der Waals surface area contributed by atoms with Crippen LogP contribution in [0.2, 0.25) is 0 Å². The minimum Gasteiger partial charge on any atom is -0.330 e. The maximum atomic E-state index is 10.5. The molecule has 0 amide bonds. The van der Waals surface area contributed by atoms with E-state index >= 15 is 0 Å². The van der Waals surface area contributed by atoms with Crippen LogP contribution < -0.4 is 10.6 Å². The second-order valence-electron chi connectivity index (χ2n) is 2.35. The normalized spacial score (nSPS) is 30.0. The molecule has 2 unspecified atom stereocenters. The van der Waals surface area contributed by atoms with Crippen molar-refractivity contribution in [3.8, 4) is 0 Å². The van der Waals surface area contributed by atoms with Gasteiger partial charge in [0.15, 0.2) is 6.29 Å². The van der Waals surface area contributed by atoms with Gasteiger partial charge in [-0.1, -0.05) is 0 Å². The van der Waals surface area contributed by atoms with Crippen molar-refractivity contribution < 1.29 is 9.84 Å². The number of ether oxygens (including phenoxy) is 1. The summed E-state index contributed by atoms with van der Waals surface area (Å²) in [6, 6.07) is 0. The maximum absolute atomic E-state index is 10.5.